The van der Waals surface area contributed by atoms with E-state index in [1.807, 2.05) is 0 Å². The lowest BCUT2D eigenvalue weighted by atomic mass is 9.90. The molecule has 2 aromatic rings. The van der Waals surface area contributed by atoms with Crippen LogP contribution in [-0.4, -0.2) is 16.7 Å². The van der Waals surface area contributed by atoms with Gasteiger partial charge >= 0.3 is 0 Å². The summed E-state index contributed by atoms with van der Waals surface area (Å²) in [6.07, 6.45) is 4.40. The summed E-state index contributed by atoms with van der Waals surface area (Å²) in [7, 11) is 0. The van der Waals surface area contributed by atoms with Crippen molar-refractivity contribution in [2.45, 2.75) is 20.8 Å². The molecule has 136 valence electrons. The number of amides is 1. The SMILES string of the molecule is CC(C)(C)C(=O)C=C(Nc1ccc(Cl)cc1Cl)C(=O)Nc1ccncc1. The zero-order valence-corrected chi connectivity index (χ0v) is 16.2. The van der Waals surface area contributed by atoms with Crippen molar-refractivity contribution in [1.29, 1.82) is 0 Å². The number of pyridine rings is 1. The molecule has 0 aliphatic rings. The van der Waals surface area contributed by atoms with Crippen LogP contribution in [0.2, 0.25) is 10.0 Å². The van der Waals surface area contributed by atoms with E-state index in [2.05, 4.69) is 15.6 Å². The monoisotopic (exact) mass is 391 g/mol. The third-order valence-electron chi connectivity index (χ3n) is 3.40. The topological polar surface area (TPSA) is 71.1 Å². The van der Waals surface area contributed by atoms with Crippen LogP contribution >= 0.6 is 23.2 Å². The number of carbonyl (C=O) groups is 2. The number of halogens is 2. The maximum atomic E-state index is 12.7. The molecule has 2 N–H and O–H groups in total. The number of aromatic nitrogens is 1. The van der Waals surface area contributed by atoms with E-state index in [0.717, 1.165) is 0 Å². The lowest BCUT2D eigenvalue weighted by Gasteiger charge is -2.17. The van der Waals surface area contributed by atoms with Gasteiger partial charge in [0, 0.05) is 34.6 Å². The Hall–Kier alpha value is -2.37. The van der Waals surface area contributed by atoms with Gasteiger partial charge in [-0.2, -0.15) is 0 Å². The van der Waals surface area contributed by atoms with Crippen molar-refractivity contribution >= 4 is 46.3 Å². The Bertz CT molecular complexity index is 844. The zero-order valence-electron chi connectivity index (χ0n) is 14.6. The van der Waals surface area contributed by atoms with Gasteiger partial charge in [0.05, 0.1) is 10.7 Å². The van der Waals surface area contributed by atoms with Crippen molar-refractivity contribution in [2.75, 3.05) is 10.6 Å². The molecule has 0 fully saturated rings. The second-order valence-corrected chi connectivity index (χ2v) is 7.46. The number of hydrogen-bond acceptors (Lipinski definition) is 4. The normalized spacial score (nSPS) is 11.8. The standard InChI is InChI=1S/C19H19Cl2N3O2/c1-19(2,3)17(25)11-16(18(26)23-13-6-8-22-9-7-13)24-15-5-4-12(20)10-14(15)21/h4-11,24H,1-3H3,(H,22,23,26). The van der Waals surface area contributed by atoms with Gasteiger partial charge in [0.1, 0.15) is 5.70 Å². The Kier molecular flexibility index (Phi) is 6.40. The maximum Gasteiger partial charge on any atom is 0.272 e. The van der Waals surface area contributed by atoms with Crippen molar-refractivity contribution in [2.24, 2.45) is 5.41 Å². The second kappa shape index (κ2) is 8.34. The fourth-order valence-electron chi connectivity index (χ4n) is 1.88. The molecule has 0 bridgehead atoms. The van der Waals surface area contributed by atoms with E-state index in [0.29, 0.717) is 21.4 Å². The van der Waals surface area contributed by atoms with Crippen LogP contribution in [0.5, 0.6) is 0 Å². The van der Waals surface area contributed by atoms with Gasteiger partial charge in [-0.15, -0.1) is 0 Å². The number of nitrogens with zero attached hydrogens (tertiary/aromatic N) is 1. The molecule has 1 amide bonds. The molecular formula is C19H19Cl2N3O2. The predicted octanol–water partition coefficient (Wildman–Crippen LogP) is 4.94. The lowest BCUT2D eigenvalue weighted by Crippen LogP contribution is -2.24. The van der Waals surface area contributed by atoms with Gasteiger partial charge in [-0.05, 0) is 30.3 Å². The van der Waals surface area contributed by atoms with Gasteiger partial charge in [0.25, 0.3) is 5.91 Å². The first kappa shape index (κ1) is 19.9. The van der Waals surface area contributed by atoms with Crippen molar-refractivity contribution in [3.8, 4) is 0 Å². The van der Waals surface area contributed by atoms with Crippen LogP contribution in [-0.2, 0) is 9.59 Å². The summed E-state index contributed by atoms with van der Waals surface area (Å²) in [5.41, 5.74) is 0.469. The third kappa shape index (κ3) is 5.58. The number of rotatable bonds is 5. The minimum absolute atomic E-state index is 0.0750. The number of anilines is 2. The average Bonchev–Trinajstić information content (AvgIpc) is 2.56. The predicted molar refractivity (Wildman–Crippen MR) is 105 cm³/mol. The fraction of sp³-hybridized carbons (Fsp3) is 0.211. The summed E-state index contributed by atoms with van der Waals surface area (Å²) >= 11 is 12.1. The minimum atomic E-state index is -0.631. The number of hydrogen-bond donors (Lipinski definition) is 2. The summed E-state index contributed by atoms with van der Waals surface area (Å²) in [6.45, 7) is 5.33. The number of nitrogens with one attached hydrogen (secondary N) is 2. The Morgan fingerprint density at radius 2 is 1.69 bits per heavy atom. The molecule has 0 saturated carbocycles. The zero-order chi connectivity index (χ0) is 19.3. The lowest BCUT2D eigenvalue weighted by molar-refractivity contribution is -0.122. The highest BCUT2D eigenvalue weighted by molar-refractivity contribution is 6.36. The molecule has 0 atom stereocenters. The van der Waals surface area contributed by atoms with Crippen LogP contribution in [0.25, 0.3) is 0 Å². The van der Waals surface area contributed by atoms with Gasteiger partial charge in [0.15, 0.2) is 5.78 Å². The van der Waals surface area contributed by atoms with Crippen molar-refractivity contribution in [3.05, 3.63) is 64.5 Å². The van der Waals surface area contributed by atoms with Crippen LogP contribution in [0.15, 0.2) is 54.5 Å². The Morgan fingerprint density at radius 3 is 2.27 bits per heavy atom. The fourth-order valence-corrected chi connectivity index (χ4v) is 2.33. The first-order valence-corrected chi connectivity index (χ1v) is 8.62. The second-order valence-electron chi connectivity index (χ2n) is 6.61. The highest BCUT2D eigenvalue weighted by Gasteiger charge is 2.22. The number of ketones is 1. The molecular weight excluding hydrogens is 373 g/mol. The maximum absolute atomic E-state index is 12.7. The molecule has 0 radical (unpaired) electrons. The van der Waals surface area contributed by atoms with Crippen LogP contribution in [0.4, 0.5) is 11.4 Å². The van der Waals surface area contributed by atoms with Crippen LogP contribution in [0.3, 0.4) is 0 Å². The summed E-state index contributed by atoms with van der Waals surface area (Å²) in [5, 5.41) is 6.45. The Balaban J connectivity index is 2.33. The first-order valence-electron chi connectivity index (χ1n) is 7.86. The van der Waals surface area contributed by atoms with Crippen LogP contribution in [0.1, 0.15) is 20.8 Å². The first-order chi connectivity index (χ1) is 12.2. The van der Waals surface area contributed by atoms with Crippen molar-refractivity contribution in [3.63, 3.8) is 0 Å². The molecule has 0 unspecified atom stereocenters. The molecule has 1 heterocycles. The molecule has 7 heteroatoms. The molecule has 1 aromatic carbocycles. The van der Waals surface area contributed by atoms with Crippen LogP contribution in [0, 0.1) is 5.41 Å². The summed E-state index contributed by atoms with van der Waals surface area (Å²) in [5.74, 6) is -0.671. The van der Waals surface area contributed by atoms with Crippen molar-refractivity contribution in [1.82, 2.24) is 4.98 Å². The Morgan fingerprint density at radius 1 is 1.04 bits per heavy atom. The van der Waals surface area contributed by atoms with E-state index >= 15 is 0 Å². The van der Waals surface area contributed by atoms with E-state index in [-0.39, 0.29) is 11.5 Å². The summed E-state index contributed by atoms with van der Waals surface area (Å²) < 4.78 is 0. The van der Waals surface area contributed by atoms with Gasteiger partial charge in [-0.25, -0.2) is 0 Å². The van der Waals surface area contributed by atoms with Gasteiger partial charge < -0.3 is 10.6 Å². The summed E-state index contributed by atoms with van der Waals surface area (Å²) in [6, 6.07) is 8.13. The molecule has 2 rings (SSSR count). The molecule has 1 aromatic heterocycles. The van der Waals surface area contributed by atoms with E-state index in [4.69, 9.17) is 23.2 Å². The van der Waals surface area contributed by atoms with Gasteiger partial charge in [-0.3, -0.25) is 14.6 Å². The van der Waals surface area contributed by atoms with Gasteiger partial charge in [0.2, 0.25) is 0 Å². The van der Waals surface area contributed by atoms with E-state index in [1.165, 1.54) is 6.08 Å². The number of carbonyl (C=O) groups excluding carboxylic acids is 2. The molecule has 5 nitrogen and oxygen atoms in total. The molecule has 0 aliphatic heterocycles. The van der Waals surface area contributed by atoms with E-state index in [1.54, 1.807) is 63.5 Å². The quantitative estimate of drug-likeness (QED) is 0.708. The minimum Gasteiger partial charge on any atom is -0.350 e. The smallest absolute Gasteiger partial charge is 0.272 e. The number of benzene rings is 1. The molecule has 0 aliphatic carbocycles. The molecule has 0 saturated heterocycles. The van der Waals surface area contributed by atoms with E-state index in [9.17, 15) is 9.59 Å². The third-order valence-corrected chi connectivity index (χ3v) is 3.95. The van der Waals surface area contributed by atoms with Crippen molar-refractivity contribution < 1.29 is 9.59 Å². The largest absolute Gasteiger partial charge is 0.350 e. The summed E-state index contributed by atoms with van der Waals surface area (Å²) in [4.78, 5) is 29.0. The average molecular weight is 392 g/mol. The molecule has 26 heavy (non-hydrogen) atoms. The Labute approximate surface area is 162 Å². The highest BCUT2D eigenvalue weighted by Crippen LogP contribution is 2.27. The van der Waals surface area contributed by atoms with Gasteiger partial charge in [-0.1, -0.05) is 44.0 Å². The molecule has 0 spiro atoms. The van der Waals surface area contributed by atoms with E-state index < -0.39 is 11.3 Å². The van der Waals surface area contributed by atoms with Crippen LogP contribution < -0.4 is 10.6 Å². The number of allylic oxidation sites excluding steroid dienone is 1. The highest BCUT2D eigenvalue weighted by atomic mass is 35.5.